The molecule has 202 valence electrons. The summed E-state index contributed by atoms with van der Waals surface area (Å²) in [6, 6.07) is 15.3. The summed E-state index contributed by atoms with van der Waals surface area (Å²) in [5.74, 6) is -0.211. The predicted molar refractivity (Wildman–Crippen MR) is 149 cm³/mol. The van der Waals surface area contributed by atoms with Crippen molar-refractivity contribution in [1.29, 1.82) is 0 Å². The van der Waals surface area contributed by atoms with E-state index in [1.165, 1.54) is 12.1 Å². The minimum absolute atomic E-state index is 0.0861. The summed E-state index contributed by atoms with van der Waals surface area (Å²) in [7, 11) is 0. The summed E-state index contributed by atoms with van der Waals surface area (Å²) in [5.41, 5.74) is 4.99. The van der Waals surface area contributed by atoms with Crippen molar-refractivity contribution in [3.63, 3.8) is 0 Å². The van der Waals surface area contributed by atoms with Gasteiger partial charge in [-0.2, -0.15) is 13.2 Å². The zero-order valence-electron chi connectivity index (χ0n) is 22.0. The van der Waals surface area contributed by atoms with Crippen molar-refractivity contribution in [1.82, 2.24) is 19.9 Å². The molecule has 3 aromatic heterocycles. The number of nitrogens with one attached hydrogen (secondary N) is 2. The molecule has 0 aliphatic heterocycles. The van der Waals surface area contributed by atoms with E-state index < -0.39 is 17.6 Å². The lowest BCUT2D eigenvalue weighted by Crippen LogP contribution is -2.14. The van der Waals surface area contributed by atoms with Gasteiger partial charge >= 0.3 is 6.18 Å². The Morgan fingerprint density at radius 1 is 0.900 bits per heavy atom. The monoisotopic (exact) mass is 542 g/mol. The fraction of sp³-hybridized carbons (Fsp3) is 0.167. The van der Waals surface area contributed by atoms with E-state index in [0.29, 0.717) is 23.8 Å². The van der Waals surface area contributed by atoms with Gasteiger partial charge < -0.3 is 10.6 Å². The molecule has 0 atom stereocenters. The molecule has 0 aliphatic rings. The van der Waals surface area contributed by atoms with Crippen molar-refractivity contribution in [2.75, 3.05) is 10.6 Å². The highest BCUT2D eigenvalue weighted by atomic mass is 19.4. The number of aryl methyl sites for hydroxylation is 3. The smallest absolute Gasteiger partial charge is 0.323 e. The number of fused-ring (bicyclic) bond motifs is 1. The van der Waals surface area contributed by atoms with Crippen LogP contribution in [0.2, 0.25) is 0 Å². The number of rotatable bonds is 6. The Bertz CT molecular complexity index is 1720. The first kappa shape index (κ1) is 26.7. The molecular weight excluding hydrogens is 517 g/mol. The number of benzene rings is 2. The van der Waals surface area contributed by atoms with E-state index in [9.17, 15) is 18.0 Å². The van der Waals surface area contributed by atoms with E-state index in [2.05, 4.69) is 25.6 Å². The van der Waals surface area contributed by atoms with Crippen LogP contribution in [0.25, 0.3) is 22.2 Å². The first-order valence-electron chi connectivity index (χ1n) is 12.6. The molecule has 0 unspecified atom stereocenters. The Balaban J connectivity index is 1.45. The minimum atomic E-state index is -4.54. The van der Waals surface area contributed by atoms with E-state index in [0.717, 1.165) is 51.2 Å². The molecule has 0 aliphatic carbocycles. The lowest BCUT2D eigenvalue weighted by atomic mass is 10.0. The summed E-state index contributed by atoms with van der Waals surface area (Å²) >= 11 is 0. The average molecular weight is 543 g/mol. The van der Waals surface area contributed by atoms with E-state index in [4.69, 9.17) is 4.98 Å². The number of nitrogens with zero attached hydrogens (tertiary/aromatic N) is 4. The topological polar surface area (TPSA) is 92.7 Å². The van der Waals surface area contributed by atoms with E-state index in [1.807, 2.05) is 45.0 Å². The Morgan fingerprint density at radius 2 is 1.70 bits per heavy atom. The molecule has 0 radical (unpaired) electrons. The molecular formula is C30H25F3N6O. The van der Waals surface area contributed by atoms with Gasteiger partial charge in [0.2, 0.25) is 5.95 Å². The molecule has 3 heterocycles. The van der Waals surface area contributed by atoms with Crippen LogP contribution in [0.5, 0.6) is 0 Å². The number of anilines is 3. The maximum absolute atomic E-state index is 13.1. The van der Waals surface area contributed by atoms with Crippen LogP contribution in [0, 0.1) is 13.8 Å². The average Bonchev–Trinajstić information content (AvgIpc) is 2.94. The Labute approximate surface area is 228 Å². The number of hydrogen-bond donors (Lipinski definition) is 2. The molecule has 0 fully saturated rings. The molecule has 2 N–H and O–H groups in total. The maximum atomic E-state index is 13.1. The maximum Gasteiger partial charge on any atom is 0.416 e. The van der Waals surface area contributed by atoms with Gasteiger partial charge in [0.25, 0.3) is 5.91 Å². The van der Waals surface area contributed by atoms with Crippen molar-refractivity contribution in [2.45, 2.75) is 33.4 Å². The molecule has 0 saturated carbocycles. The molecule has 1 amide bonds. The Kier molecular flexibility index (Phi) is 7.17. The molecule has 10 heteroatoms. The van der Waals surface area contributed by atoms with Gasteiger partial charge in [-0.15, -0.1) is 0 Å². The molecule has 40 heavy (non-hydrogen) atoms. The highest BCUT2D eigenvalue weighted by Gasteiger charge is 2.31. The zero-order valence-corrected chi connectivity index (χ0v) is 22.0. The summed E-state index contributed by atoms with van der Waals surface area (Å²) in [5, 5.41) is 6.67. The van der Waals surface area contributed by atoms with Gasteiger partial charge in [0.1, 0.15) is 0 Å². The number of amides is 1. The van der Waals surface area contributed by atoms with Crippen LogP contribution in [0.3, 0.4) is 0 Å². The quantitative estimate of drug-likeness (QED) is 0.234. The third-order valence-corrected chi connectivity index (χ3v) is 6.36. The van der Waals surface area contributed by atoms with Crippen molar-refractivity contribution >= 4 is 34.1 Å². The molecule has 0 spiro atoms. The van der Waals surface area contributed by atoms with Gasteiger partial charge in [0.05, 0.1) is 34.4 Å². The lowest BCUT2D eigenvalue weighted by Gasteiger charge is -2.13. The predicted octanol–water partition coefficient (Wildman–Crippen LogP) is 7.28. The standard InChI is InChI=1S/C30H25F3N6O/c1-4-25-27-20(15-35-29(39-27)37-23-11-9-18(3)34-16-23)13-26(38-25)24-14-22(10-8-17(24)2)36-28(40)19-6-5-7-21(12-19)30(31,32)33/h5-16H,4H2,1-3H3,(H,36,40)(H,35,37,39). The third-order valence-electron chi connectivity index (χ3n) is 6.36. The fourth-order valence-electron chi connectivity index (χ4n) is 4.24. The number of halogens is 3. The Hall–Kier alpha value is -4.86. The summed E-state index contributed by atoms with van der Waals surface area (Å²) < 4.78 is 39.3. The van der Waals surface area contributed by atoms with Crippen LogP contribution < -0.4 is 10.6 Å². The highest BCUT2D eigenvalue weighted by Crippen LogP contribution is 2.31. The largest absolute Gasteiger partial charge is 0.416 e. The molecule has 0 saturated heterocycles. The van der Waals surface area contributed by atoms with Gasteiger partial charge in [-0.25, -0.2) is 9.97 Å². The van der Waals surface area contributed by atoms with Crippen LogP contribution in [0.15, 0.2) is 73.1 Å². The van der Waals surface area contributed by atoms with Crippen molar-refractivity contribution < 1.29 is 18.0 Å². The number of aromatic nitrogens is 4. The van der Waals surface area contributed by atoms with Crippen LogP contribution in [0.1, 0.15) is 39.8 Å². The van der Waals surface area contributed by atoms with Gasteiger partial charge in [-0.05, 0) is 74.4 Å². The Morgan fingerprint density at radius 3 is 2.42 bits per heavy atom. The normalized spacial score (nSPS) is 11.4. The second-order valence-corrected chi connectivity index (χ2v) is 9.31. The third kappa shape index (κ3) is 5.75. The second kappa shape index (κ2) is 10.7. The number of alkyl halides is 3. The van der Waals surface area contributed by atoms with E-state index in [-0.39, 0.29) is 5.56 Å². The van der Waals surface area contributed by atoms with Gasteiger partial charge in [0.15, 0.2) is 0 Å². The number of hydrogen-bond acceptors (Lipinski definition) is 6. The SMILES string of the molecule is CCc1nc(-c2cc(NC(=O)c3cccc(C(F)(F)F)c3)ccc2C)cc2cnc(Nc3ccc(C)nc3)nc12. The minimum Gasteiger partial charge on any atom is -0.323 e. The first-order valence-corrected chi connectivity index (χ1v) is 12.6. The van der Waals surface area contributed by atoms with Crippen LogP contribution in [-0.2, 0) is 12.6 Å². The number of pyridine rings is 2. The van der Waals surface area contributed by atoms with Crippen molar-refractivity contribution in [2.24, 2.45) is 0 Å². The van der Waals surface area contributed by atoms with Crippen LogP contribution >= 0.6 is 0 Å². The van der Waals surface area contributed by atoms with Gasteiger partial charge in [0, 0.05) is 34.1 Å². The fourth-order valence-corrected chi connectivity index (χ4v) is 4.24. The zero-order chi connectivity index (χ0) is 28.4. The number of carbonyl (C=O) groups excluding carboxylic acids is 1. The molecule has 0 bridgehead atoms. The van der Waals surface area contributed by atoms with Gasteiger partial charge in [-0.1, -0.05) is 19.1 Å². The van der Waals surface area contributed by atoms with Gasteiger partial charge in [-0.3, -0.25) is 14.8 Å². The molecule has 5 aromatic rings. The molecule has 2 aromatic carbocycles. The van der Waals surface area contributed by atoms with Crippen LogP contribution in [-0.4, -0.2) is 25.8 Å². The first-order chi connectivity index (χ1) is 19.1. The van der Waals surface area contributed by atoms with Crippen LogP contribution in [0.4, 0.5) is 30.5 Å². The highest BCUT2D eigenvalue weighted by molar-refractivity contribution is 6.04. The summed E-state index contributed by atoms with van der Waals surface area (Å²) in [6.07, 6.45) is -0.472. The second-order valence-electron chi connectivity index (χ2n) is 9.31. The molecule has 5 rings (SSSR count). The van der Waals surface area contributed by atoms with Crippen molar-refractivity contribution in [3.05, 3.63) is 101 Å². The van der Waals surface area contributed by atoms with Crippen molar-refractivity contribution in [3.8, 4) is 11.3 Å². The lowest BCUT2D eigenvalue weighted by molar-refractivity contribution is -0.137. The van der Waals surface area contributed by atoms with E-state index >= 15 is 0 Å². The summed E-state index contributed by atoms with van der Waals surface area (Å²) in [4.78, 5) is 31.0. The van der Waals surface area contributed by atoms with E-state index in [1.54, 1.807) is 24.5 Å². The molecule has 7 nitrogen and oxygen atoms in total. The number of carbonyl (C=O) groups is 1. The summed E-state index contributed by atoms with van der Waals surface area (Å²) in [6.45, 7) is 5.82.